The van der Waals surface area contributed by atoms with Gasteiger partial charge in [0.25, 0.3) is 0 Å². The molecule has 0 aliphatic carbocycles. The first kappa shape index (κ1) is 12.5. The Labute approximate surface area is 105 Å². The highest BCUT2D eigenvalue weighted by atomic mass is 32.2. The Morgan fingerprint density at radius 2 is 2.06 bits per heavy atom. The van der Waals surface area contributed by atoms with Gasteiger partial charge >= 0.3 is 12.0 Å². The summed E-state index contributed by atoms with van der Waals surface area (Å²) < 4.78 is 0. The Bertz CT molecular complexity index is 324. The molecule has 5 nitrogen and oxygen atoms in total. The predicted octanol–water partition coefficient (Wildman–Crippen LogP) is 1.09. The first-order valence-corrected chi connectivity index (χ1v) is 7.14. The molecule has 2 atom stereocenters. The van der Waals surface area contributed by atoms with Gasteiger partial charge in [0.05, 0.1) is 0 Å². The van der Waals surface area contributed by atoms with Gasteiger partial charge in [-0.3, -0.25) is 0 Å². The van der Waals surface area contributed by atoms with Crippen molar-refractivity contribution in [2.45, 2.75) is 31.8 Å². The summed E-state index contributed by atoms with van der Waals surface area (Å²) in [6, 6.07) is -0.511. The third-order valence-corrected chi connectivity index (χ3v) is 4.59. The van der Waals surface area contributed by atoms with E-state index in [-0.39, 0.29) is 12.1 Å². The molecular weight excluding hydrogens is 240 g/mol. The fourth-order valence-electron chi connectivity index (χ4n) is 2.43. The lowest BCUT2D eigenvalue weighted by molar-refractivity contribution is -0.141. The first-order chi connectivity index (χ1) is 8.11. The smallest absolute Gasteiger partial charge is 0.326 e. The number of amides is 2. The molecule has 2 amide bonds. The third-order valence-electron chi connectivity index (χ3n) is 3.40. The summed E-state index contributed by atoms with van der Waals surface area (Å²) in [5.41, 5.74) is 0. The number of likely N-dealkylation sites (tertiary alicyclic amines) is 1. The van der Waals surface area contributed by atoms with Crippen LogP contribution >= 0.6 is 11.8 Å². The van der Waals surface area contributed by atoms with Crippen LogP contribution in [0.2, 0.25) is 0 Å². The van der Waals surface area contributed by atoms with E-state index in [0.29, 0.717) is 13.0 Å². The fraction of sp³-hybridized carbons (Fsp3) is 0.818. The molecule has 0 aromatic rings. The minimum Gasteiger partial charge on any atom is -0.480 e. The molecule has 2 fully saturated rings. The minimum absolute atomic E-state index is 0.0947. The average Bonchev–Trinajstić information content (AvgIpc) is 2.77. The predicted molar refractivity (Wildman–Crippen MR) is 66.3 cm³/mol. The zero-order valence-electron chi connectivity index (χ0n) is 9.96. The van der Waals surface area contributed by atoms with Crippen LogP contribution in [0.3, 0.4) is 0 Å². The van der Waals surface area contributed by atoms with Crippen molar-refractivity contribution < 1.29 is 14.7 Å². The van der Waals surface area contributed by atoms with E-state index in [1.54, 1.807) is 0 Å². The van der Waals surface area contributed by atoms with E-state index in [9.17, 15) is 9.59 Å². The summed E-state index contributed by atoms with van der Waals surface area (Å²) in [7, 11) is 0. The molecule has 0 spiro atoms. The van der Waals surface area contributed by atoms with E-state index in [2.05, 4.69) is 0 Å². The molecule has 0 aromatic heterocycles. The van der Waals surface area contributed by atoms with Gasteiger partial charge in [0.1, 0.15) is 6.04 Å². The minimum atomic E-state index is -0.880. The van der Waals surface area contributed by atoms with Gasteiger partial charge in [-0.1, -0.05) is 0 Å². The van der Waals surface area contributed by atoms with Crippen LogP contribution in [0.5, 0.6) is 0 Å². The van der Waals surface area contributed by atoms with Gasteiger partial charge < -0.3 is 14.9 Å². The van der Waals surface area contributed by atoms with Crippen LogP contribution in [0.4, 0.5) is 4.79 Å². The maximum Gasteiger partial charge on any atom is 0.326 e. The number of urea groups is 1. The number of hydrogen-bond acceptors (Lipinski definition) is 3. The summed E-state index contributed by atoms with van der Waals surface area (Å²) in [6.45, 7) is 3.33. The quantitative estimate of drug-likeness (QED) is 0.765. The van der Waals surface area contributed by atoms with E-state index >= 15 is 0 Å². The molecule has 96 valence electrons. The Balaban J connectivity index is 2.05. The first-order valence-electron chi connectivity index (χ1n) is 5.99. The lowest BCUT2D eigenvalue weighted by Gasteiger charge is -2.37. The van der Waals surface area contributed by atoms with Gasteiger partial charge in [0.2, 0.25) is 0 Å². The van der Waals surface area contributed by atoms with Crippen LogP contribution in [0.1, 0.15) is 19.8 Å². The molecule has 2 aliphatic rings. The van der Waals surface area contributed by atoms with Gasteiger partial charge in [-0.2, -0.15) is 11.8 Å². The molecule has 2 saturated heterocycles. The van der Waals surface area contributed by atoms with E-state index in [4.69, 9.17) is 5.11 Å². The number of nitrogens with zero attached hydrogens (tertiary/aromatic N) is 2. The lowest BCUT2D eigenvalue weighted by Crippen LogP contribution is -2.53. The molecule has 2 aliphatic heterocycles. The van der Waals surface area contributed by atoms with E-state index in [1.165, 1.54) is 4.90 Å². The normalized spacial score (nSPS) is 29.5. The lowest BCUT2D eigenvalue weighted by atomic mass is 10.2. The topological polar surface area (TPSA) is 60.9 Å². The van der Waals surface area contributed by atoms with Crippen molar-refractivity contribution in [2.24, 2.45) is 0 Å². The molecule has 0 bridgehead atoms. The Morgan fingerprint density at radius 3 is 2.71 bits per heavy atom. The van der Waals surface area contributed by atoms with Crippen molar-refractivity contribution in [2.75, 3.05) is 24.6 Å². The molecule has 0 aromatic carbocycles. The van der Waals surface area contributed by atoms with Gasteiger partial charge in [-0.25, -0.2) is 9.59 Å². The Kier molecular flexibility index (Phi) is 3.81. The highest BCUT2D eigenvalue weighted by Crippen LogP contribution is 2.23. The SMILES string of the molecule is CC1CSCCN1C(=O)N1CCCC1C(=O)O. The molecule has 2 rings (SSSR count). The Morgan fingerprint density at radius 1 is 1.29 bits per heavy atom. The second-order valence-corrected chi connectivity index (χ2v) is 5.74. The Hall–Kier alpha value is -0.910. The van der Waals surface area contributed by atoms with Crippen LogP contribution in [0.25, 0.3) is 0 Å². The molecule has 2 unspecified atom stereocenters. The maximum absolute atomic E-state index is 12.3. The molecule has 2 heterocycles. The van der Waals surface area contributed by atoms with Crippen molar-refractivity contribution in [3.8, 4) is 0 Å². The number of carboxylic acids is 1. The van der Waals surface area contributed by atoms with Crippen molar-refractivity contribution in [1.29, 1.82) is 0 Å². The highest BCUT2D eigenvalue weighted by molar-refractivity contribution is 7.99. The van der Waals surface area contributed by atoms with Crippen LogP contribution in [-0.4, -0.2) is 63.6 Å². The molecule has 0 saturated carbocycles. The van der Waals surface area contributed by atoms with Gasteiger partial charge in [0.15, 0.2) is 0 Å². The van der Waals surface area contributed by atoms with Crippen LogP contribution in [0, 0.1) is 0 Å². The molecule has 0 radical (unpaired) electrons. The van der Waals surface area contributed by atoms with E-state index < -0.39 is 12.0 Å². The number of carbonyl (C=O) groups excluding carboxylic acids is 1. The second kappa shape index (κ2) is 5.16. The van der Waals surface area contributed by atoms with Crippen molar-refractivity contribution in [3.05, 3.63) is 0 Å². The average molecular weight is 258 g/mol. The summed E-state index contributed by atoms with van der Waals surface area (Å²) >= 11 is 1.85. The van der Waals surface area contributed by atoms with Crippen LogP contribution in [0.15, 0.2) is 0 Å². The van der Waals surface area contributed by atoms with Gasteiger partial charge in [-0.15, -0.1) is 0 Å². The summed E-state index contributed by atoms with van der Waals surface area (Å²) in [5, 5.41) is 9.08. The third kappa shape index (κ3) is 2.51. The zero-order valence-corrected chi connectivity index (χ0v) is 10.8. The van der Waals surface area contributed by atoms with Crippen molar-refractivity contribution in [1.82, 2.24) is 9.80 Å². The van der Waals surface area contributed by atoms with E-state index in [1.807, 2.05) is 23.6 Å². The summed E-state index contributed by atoms with van der Waals surface area (Å²) in [4.78, 5) is 26.7. The number of aliphatic carboxylic acids is 1. The standard InChI is InChI=1S/C11H18N2O3S/c1-8-7-17-6-5-12(8)11(16)13-4-2-3-9(13)10(14)15/h8-9H,2-7H2,1H3,(H,14,15). The second-order valence-electron chi connectivity index (χ2n) is 4.59. The molecule has 1 N–H and O–H groups in total. The number of thioether (sulfide) groups is 1. The van der Waals surface area contributed by atoms with Crippen LogP contribution in [-0.2, 0) is 4.79 Å². The number of carboxylic acid groups (broad SMARTS) is 1. The van der Waals surface area contributed by atoms with E-state index in [0.717, 1.165) is 24.5 Å². The zero-order chi connectivity index (χ0) is 12.4. The van der Waals surface area contributed by atoms with Gasteiger partial charge in [0, 0.05) is 30.6 Å². The number of rotatable bonds is 1. The van der Waals surface area contributed by atoms with Crippen LogP contribution < -0.4 is 0 Å². The maximum atomic E-state index is 12.3. The molecule has 17 heavy (non-hydrogen) atoms. The molecule has 6 heteroatoms. The summed E-state index contributed by atoms with van der Waals surface area (Å²) in [5.74, 6) is 1.01. The highest BCUT2D eigenvalue weighted by Gasteiger charge is 2.37. The fourth-order valence-corrected chi connectivity index (χ4v) is 3.44. The number of hydrogen-bond donors (Lipinski definition) is 1. The van der Waals surface area contributed by atoms with Crippen molar-refractivity contribution >= 4 is 23.8 Å². The van der Waals surface area contributed by atoms with Crippen molar-refractivity contribution in [3.63, 3.8) is 0 Å². The summed E-state index contributed by atoms with van der Waals surface area (Å²) in [6.07, 6.45) is 1.37. The monoisotopic (exact) mass is 258 g/mol. The number of carbonyl (C=O) groups is 2. The molecular formula is C11H18N2O3S. The largest absolute Gasteiger partial charge is 0.480 e. The van der Waals surface area contributed by atoms with Gasteiger partial charge in [-0.05, 0) is 19.8 Å².